The van der Waals surface area contributed by atoms with Crippen LogP contribution in [0.5, 0.6) is 5.75 Å². The molecule has 1 rings (SSSR count). The van der Waals surface area contributed by atoms with Crippen LogP contribution in [0.15, 0.2) is 29.2 Å². The molecule has 0 aromatic heterocycles. The van der Waals surface area contributed by atoms with E-state index in [-0.39, 0.29) is 17.2 Å². The lowest BCUT2D eigenvalue weighted by Gasteiger charge is -2.20. The van der Waals surface area contributed by atoms with Gasteiger partial charge in [-0.25, -0.2) is 8.42 Å². The molecule has 7 heteroatoms. The van der Waals surface area contributed by atoms with Gasteiger partial charge >= 0.3 is 5.97 Å². The molecule has 0 bridgehead atoms. The van der Waals surface area contributed by atoms with E-state index < -0.39 is 21.9 Å². The number of methoxy groups -OCH3 is 1. The first kappa shape index (κ1) is 15.5. The number of benzene rings is 1. The molecule has 0 saturated carbocycles. The second-order valence-electron chi connectivity index (χ2n) is 4.18. The Bertz CT molecular complexity index is 555. The first-order chi connectivity index (χ1) is 8.80. The Morgan fingerprint density at radius 1 is 1.42 bits per heavy atom. The molecule has 6 nitrogen and oxygen atoms in total. The van der Waals surface area contributed by atoms with E-state index in [1.54, 1.807) is 18.2 Å². The number of nitrogens with zero attached hydrogens (tertiary/aromatic N) is 1. The van der Waals surface area contributed by atoms with Crippen molar-refractivity contribution in [1.82, 2.24) is 4.31 Å². The highest BCUT2D eigenvalue weighted by Crippen LogP contribution is 2.25. The van der Waals surface area contributed by atoms with Crippen LogP contribution in [0.1, 0.15) is 6.92 Å². The molecule has 0 aliphatic heterocycles. The first-order valence-electron chi connectivity index (χ1n) is 5.63. The lowest BCUT2D eigenvalue weighted by molar-refractivity contribution is -0.141. The third-order valence-electron chi connectivity index (χ3n) is 2.71. The Morgan fingerprint density at radius 3 is 2.53 bits per heavy atom. The summed E-state index contributed by atoms with van der Waals surface area (Å²) >= 11 is 0. The summed E-state index contributed by atoms with van der Waals surface area (Å²) in [6.45, 7) is 1.35. The maximum absolute atomic E-state index is 12.3. The van der Waals surface area contributed by atoms with Gasteiger partial charge in [0.15, 0.2) is 0 Å². The Morgan fingerprint density at radius 2 is 2.00 bits per heavy atom. The quantitative estimate of drug-likeness (QED) is 0.845. The predicted molar refractivity (Wildman–Crippen MR) is 69.6 cm³/mol. The van der Waals surface area contributed by atoms with Crippen molar-refractivity contribution in [2.75, 3.05) is 20.7 Å². The van der Waals surface area contributed by atoms with Crippen molar-refractivity contribution in [1.29, 1.82) is 0 Å². The molecule has 106 valence electrons. The second-order valence-corrected chi connectivity index (χ2v) is 6.19. The summed E-state index contributed by atoms with van der Waals surface area (Å²) in [5.74, 6) is -1.59. The van der Waals surface area contributed by atoms with Gasteiger partial charge in [-0.2, -0.15) is 4.31 Å². The molecule has 0 aliphatic rings. The molecule has 1 unspecified atom stereocenters. The third kappa shape index (κ3) is 3.45. The summed E-state index contributed by atoms with van der Waals surface area (Å²) in [6.07, 6.45) is 0. The molecule has 0 fully saturated rings. The van der Waals surface area contributed by atoms with E-state index in [1.807, 2.05) is 0 Å². The molecule has 0 heterocycles. The second kappa shape index (κ2) is 6.03. The standard InChI is InChI=1S/C12H17NO5S/c1-9(12(14)15)8-13(2)19(16,17)11-7-5-4-6-10(11)18-3/h4-7,9H,8H2,1-3H3,(H,14,15). The van der Waals surface area contributed by atoms with Crippen LogP contribution in [-0.2, 0) is 14.8 Å². The van der Waals surface area contributed by atoms with E-state index in [4.69, 9.17) is 9.84 Å². The molecule has 0 amide bonds. The van der Waals surface area contributed by atoms with Crippen LogP contribution < -0.4 is 4.74 Å². The minimum absolute atomic E-state index is 0.0255. The average Bonchev–Trinajstić information content (AvgIpc) is 2.38. The van der Waals surface area contributed by atoms with Gasteiger partial charge in [0.1, 0.15) is 10.6 Å². The number of para-hydroxylation sites is 1. The minimum Gasteiger partial charge on any atom is -0.495 e. The fourth-order valence-electron chi connectivity index (χ4n) is 1.56. The summed E-state index contributed by atoms with van der Waals surface area (Å²) in [7, 11) is -1.03. The fraction of sp³-hybridized carbons (Fsp3) is 0.417. The Kier molecular flexibility index (Phi) is 4.90. The van der Waals surface area contributed by atoms with Crippen molar-refractivity contribution < 1.29 is 23.1 Å². The van der Waals surface area contributed by atoms with Crippen molar-refractivity contribution in [3.8, 4) is 5.75 Å². The first-order valence-corrected chi connectivity index (χ1v) is 7.07. The Balaban J connectivity index is 3.06. The van der Waals surface area contributed by atoms with Crippen LogP contribution in [-0.4, -0.2) is 44.5 Å². The number of rotatable bonds is 6. The van der Waals surface area contributed by atoms with Crippen molar-refractivity contribution in [2.45, 2.75) is 11.8 Å². The van der Waals surface area contributed by atoms with Gasteiger partial charge in [-0.3, -0.25) is 4.79 Å². The van der Waals surface area contributed by atoms with Gasteiger partial charge in [-0.15, -0.1) is 0 Å². The summed E-state index contributed by atoms with van der Waals surface area (Å²) in [5, 5.41) is 8.82. The number of sulfonamides is 1. The molecule has 1 aromatic carbocycles. The fourth-order valence-corrected chi connectivity index (χ4v) is 2.97. The molecule has 1 atom stereocenters. The van der Waals surface area contributed by atoms with Gasteiger partial charge in [0.25, 0.3) is 0 Å². The van der Waals surface area contributed by atoms with E-state index in [0.717, 1.165) is 4.31 Å². The topological polar surface area (TPSA) is 83.9 Å². The number of ether oxygens (including phenoxy) is 1. The van der Waals surface area contributed by atoms with Gasteiger partial charge in [0, 0.05) is 13.6 Å². The average molecular weight is 287 g/mol. The van der Waals surface area contributed by atoms with Crippen molar-refractivity contribution in [3.05, 3.63) is 24.3 Å². The molecule has 0 radical (unpaired) electrons. The minimum atomic E-state index is -3.77. The van der Waals surface area contributed by atoms with Crippen LogP contribution in [0.3, 0.4) is 0 Å². The molecule has 19 heavy (non-hydrogen) atoms. The lowest BCUT2D eigenvalue weighted by Crippen LogP contribution is -2.33. The highest BCUT2D eigenvalue weighted by Gasteiger charge is 2.27. The van der Waals surface area contributed by atoms with Crippen LogP contribution in [0.25, 0.3) is 0 Å². The number of carboxylic acids is 1. The zero-order valence-electron chi connectivity index (χ0n) is 11.0. The molecule has 0 spiro atoms. The third-order valence-corrected chi connectivity index (χ3v) is 4.57. The van der Waals surface area contributed by atoms with Crippen molar-refractivity contribution in [2.24, 2.45) is 5.92 Å². The van der Waals surface area contributed by atoms with Crippen LogP contribution >= 0.6 is 0 Å². The summed E-state index contributed by atoms with van der Waals surface area (Å²) in [6, 6.07) is 6.22. The van der Waals surface area contributed by atoms with Gasteiger partial charge in [-0.1, -0.05) is 19.1 Å². The van der Waals surface area contributed by atoms with E-state index in [9.17, 15) is 13.2 Å². The highest BCUT2D eigenvalue weighted by molar-refractivity contribution is 7.89. The van der Waals surface area contributed by atoms with Crippen LogP contribution in [0.2, 0.25) is 0 Å². The van der Waals surface area contributed by atoms with Crippen LogP contribution in [0, 0.1) is 5.92 Å². The van der Waals surface area contributed by atoms with Gasteiger partial charge in [0.05, 0.1) is 13.0 Å². The molecular formula is C12H17NO5S. The maximum atomic E-state index is 12.3. The number of aliphatic carboxylic acids is 1. The zero-order chi connectivity index (χ0) is 14.6. The van der Waals surface area contributed by atoms with Gasteiger partial charge in [-0.05, 0) is 12.1 Å². The monoisotopic (exact) mass is 287 g/mol. The molecule has 1 N–H and O–H groups in total. The largest absolute Gasteiger partial charge is 0.495 e. The number of carboxylic acid groups (broad SMARTS) is 1. The zero-order valence-corrected chi connectivity index (χ0v) is 11.8. The highest BCUT2D eigenvalue weighted by atomic mass is 32.2. The van der Waals surface area contributed by atoms with E-state index in [0.29, 0.717) is 0 Å². The van der Waals surface area contributed by atoms with Crippen LogP contribution in [0.4, 0.5) is 0 Å². The number of carbonyl (C=O) groups is 1. The SMILES string of the molecule is COc1ccccc1S(=O)(=O)N(C)CC(C)C(=O)O. The normalized spacial score (nSPS) is 13.3. The van der Waals surface area contributed by atoms with Gasteiger partial charge < -0.3 is 9.84 Å². The summed E-state index contributed by atoms with van der Waals surface area (Å²) in [4.78, 5) is 10.8. The van der Waals surface area contributed by atoms with E-state index in [2.05, 4.69) is 0 Å². The summed E-state index contributed by atoms with van der Waals surface area (Å²) in [5.41, 5.74) is 0. The van der Waals surface area contributed by atoms with Crippen molar-refractivity contribution >= 4 is 16.0 Å². The van der Waals surface area contributed by atoms with E-state index in [1.165, 1.54) is 27.1 Å². The Hall–Kier alpha value is -1.60. The lowest BCUT2D eigenvalue weighted by atomic mass is 10.2. The smallest absolute Gasteiger partial charge is 0.307 e. The Labute approximate surface area is 112 Å². The molecular weight excluding hydrogens is 270 g/mol. The number of hydrogen-bond acceptors (Lipinski definition) is 4. The van der Waals surface area contributed by atoms with E-state index >= 15 is 0 Å². The van der Waals surface area contributed by atoms with Crippen molar-refractivity contribution in [3.63, 3.8) is 0 Å². The predicted octanol–water partition coefficient (Wildman–Crippen LogP) is 1.04. The number of hydrogen-bond donors (Lipinski definition) is 1. The maximum Gasteiger partial charge on any atom is 0.307 e. The molecule has 1 aromatic rings. The molecule has 0 saturated heterocycles. The van der Waals surface area contributed by atoms with Gasteiger partial charge in [0.2, 0.25) is 10.0 Å². The summed E-state index contributed by atoms with van der Waals surface area (Å²) < 4.78 is 30.7. The molecule has 0 aliphatic carbocycles.